The van der Waals surface area contributed by atoms with Crippen molar-refractivity contribution in [3.63, 3.8) is 0 Å². The Morgan fingerprint density at radius 3 is 2.84 bits per heavy atom. The molecule has 1 aromatic heterocycles. The van der Waals surface area contributed by atoms with Crippen molar-refractivity contribution in [2.45, 2.75) is 43.4 Å². The summed E-state index contributed by atoms with van der Waals surface area (Å²) in [4.78, 5) is 29.2. The fraction of sp³-hybridized carbons (Fsp3) is 0.471. The van der Waals surface area contributed by atoms with Crippen molar-refractivity contribution in [3.05, 3.63) is 34.5 Å². The average Bonchev–Trinajstić information content (AvgIpc) is 2.72. The van der Waals surface area contributed by atoms with Gasteiger partial charge in [-0.15, -0.1) is 0 Å². The third-order valence-electron chi connectivity index (χ3n) is 5.19. The van der Waals surface area contributed by atoms with Crippen LogP contribution in [0.4, 0.5) is 0 Å². The number of carboxylic acid groups (broad SMARTS) is 2. The molecule has 0 aliphatic carbocycles. The number of fused-ring (bicyclic) bond motifs is 2. The van der Waals surface area contributed by atoms with Crippen LogP contribution >= 0.6 is 15.9 Å². The molecule has 2 aliphatic heterocycles. The van der Waals surface area contributed by atoms with Crippen molar-refractivity contribution in [1.82, 2.24) is 9.88 Å². The summed E-state index contributed by atoms with van der Waals surface area (Å²) in [6.45, 7) is 0. The van der Waals surface area contributed by atoms with E-state index in [4.69, 9.17) is 9.84 Å². The maximum atomic E-state index is 11.8. The zero-order chi connectivity index (χ0) is 18.2. The van der Waals surface area contributed by atoms with E-state index in [1.807, 2.05) is 18.0 Å². The van der Waals surface area contributed by atoms with Crippen LogP contribution < -0.4 is 4.74 Å². The van der Waals surface area contributed by atoms with Gasteiger partial charge in [-0.3, -0.25) is 4.90 Å². The minimum absolute atomic E-state index is 0.0829. The molecule has 0 amide bonds. The molecule has 2 bridgehead atoms. The van der Waals surface area contributed by atoms with Crippen LogP contribution in [0.3, 0.4) is 0 Å². The minimum Gasteiger partial charge on any atom is -0.478 e. The smallest absolute Gasteiger partial charge is 0.333 e. The Kier molecular flexibility index (Phi) is 4.83. The highest BCUT2D eigenvalue weighted by molar-refractivity contribution is 9.10. The predicted octanol–water partition coefficient (Wildman–Crippen LogP) is 2.31. The van der Waals surface area contributed by atoms with Gasteiger partial charge in [0.2, 0.25) is 5.88 Å². The highest BCUT2D eigenvalue weighted by atomic mass is 79.9. The molecule has 8 heteroatoms. The summed E-state index contributed by atoms with van der Waals surface area (Å²) in [6, 6.07) is 5.52. The lowest BCUT2D eigenvalue weighted by molar-refractivity contribution is -0.137. The van der Waals surface area contributed by atoms with E-state index < -0.39 is 17.5 Å². The van der Waals surface area contributed by atoms with E-state index in [1.54, 1.807) is 12.1 Å². The summed E-state index contributed by atoms with van der Waals surface area (Å²) in [6.07, 6.45) is 3.19. The number of aromatic nitrogens is 1. The Labute approximate surface area is 153 Å². The molecule has 3 rings (SSSR count). The SMILES string of the molecule is CN1C2CCC1(/C(=C\C(=O)O)C(=O)O)CC(Oc1cccc(Br)n1)C2. The molecule has 0 aromatic carbocycles. The number of nitrogens with zero attached hydrogens (tertiary/aromatic N) is 2. The molecule has 2 saturated heterocycles. The van der Waals surface area contributed by atoms with Gasteiger partial charge in [-0.05, 0) is 48.3 Å². The molecule has 1 aromatic rings. The van der Waals surface area contributed by atoms with E-state index in [0.717, 1.165) is 18.9 Å². The van der Waals surface area contributed by atoms with Gasteiger partial charge in [0.1, 0.15) is 10.7 Å². The maximum Gasteiger partial charge on any atom is 0.333 e. The van der Waals surface area contributed by atoms with Gasteiger partial charge in [-0.1, -0.05) is 6.07 Å². The Bertz CT molecular complexity index is 738. The third kappa shape index (κ3) is 3.41. The number of likely N-dealkylation sites (N-methyl/N-ethyl adjacent to an activating group) is 1. The molecule has 3 unspecified atom stereocenters. The number of hydrogen-bond donors (Lipinski definition) is 2. The summed E-state index contributed by atoms with van der Waals surface area (Å²) in [5, 5.41) is 18.7. The van der Waals surface area contributed by atoms with Gasteiger partial charge >= 0.3 is 11.9 Å². The van der Waals surface area contributed by atoms with Crippen LogP contribution in [-0.2, 0) is 9.59 Å². The zero-order valence-electron chi connectivity index (χ0n) is 13.7. The van der Waals surface area contributed by atoms with E-state index in [0.29, 0.717) is 23.3 Å². The summed E-state index contributed by atoms with van der Waals surface area (Å²) in [5.74, 6) is -1.98. The average molecular weight is 411 g/mol. The number of carboxylic acids is 2. The maximum absolute atomic E-state index is 11.8. The molecule has 2 fully saturated rings. The first-order chi connectivity index (χ1) is 11.8. The monoisotopic (exact) mass is 410 g/mol. The minimum atomic E-state index is -1.25. The fourth-order valence-corrected chi connectivity index (χ4v) is 4.41. The largest absolute Gasteiger partial charge is 0.478 e. The number of hydrogen-bond acceptors (Lipinski definition) is 5. The summed E-state index contributed by atoms with van der Waals surface area (Å²) >= 11 is 3.30. The molecule has 0 spiro atoms. The summed E-state index contributed by atoms with van der Waals surface area (Å²) in [7, 11) is 1.86. The Morgan fingerprint density at radius 1 is 1.44 bits per heavy atom. The standard InChI is InChI=1S/C17H19BrN2O5/c1-20-10-5-6-17(20,12(16(23)24)8-15(21)22)9-11(7-10)25-14-4-2-3-13(18)19-14/h2-4,8,10-11H,5-7,9H2,1H3,(H,21,22)(H,23,24)/b12-8-. The molecule has 134 valence electrons. The van der Waals surface area contributed by atoms with Crippen molar-refractivity contribution in [2.75, 3.05) is 7.05 Å². The van der Waals surface area contributed by atoms with E-state index >= 15 is 0 Å². The number of carbonyl (C=O) groups is 2. The van der Waals surface area contributed by atoms with Crippen LogP contribution in [-0.4, -0.2) is 56.8 Å². The zero-order valence-corrected chi connectivity index (χ0v) is 15.3. The van der Waals surface area contributed by atoms with E-state index in [2.05, 4.69) is 20.9 Å². The van der Waals surface area contributed by atoms with Gasteiger partial charge in [-0.2, -0.15) is 0 Å². The second-order valence-electron chi connectivity index (χ2n) is 6.51. The van der Waals surface area contributed by atoms with Gasteiger partial charge in [-0.25, -0.2) is 14.6 Å². The van der Waals surface area contributed by atoms with Crippen LogP contribution in [0.1, 0.15) is 25.7 Å². The summed E-state index contributed by atoms with van der Waals surface area (Å²) in [5.41, 5.74) is -0.912. The van der Waals surface area contributed by atoms with Gasteiger partial charge in [0.25, 0.3) is 0 Å². The number of aliphatic carboxylic acids is 2. The van der Waals surface area contributed by atoms with Gasteiger partial charge in [0.15, 0.2) is 0 Å². The fourth-order valence-electron chi connectivity index (χ4n) is 4.08. The highest BCUT2D eigenvalue weighted by Gasteiger charge is 2.54. The molecule has 0 saturated carbocycles. The quantitative estimate of drug-likeness (QED) is 0.567. The number of ether oxygens (including phenoxy) is 1. The van der Waals surface area contributed by atoms with Crippen molar-refractivity contribution >= 4 is 27.9 Å². The first-order valence-corrected chi connectivity index (χ1v) is 8.81. The van der Waals surface area contributed by atoms with Crippen LogP contribution in [0.5, 0.6) is 5.88 Å². The first kappa shape index (κ1) is 17.9. The Hall–Kier alpha value is -1.93. The Balaban J connectivity index is 1.90. The molecule has 2 aliphatic rings. The highest BCUT2D eigenvalue weighted by Crippen LogP contribution is 2.48. The number of pyridine rings is 1. The van der Waals surface area contributed by atoms with Gasteiger partial charge in [0, 0.05) is 24.6 Å². The topological polar surface area (TPSA) is 100.0 Å². The van der Waals surface area contributed by atoms with Crippen molar-refractivity contribution in [2.24, 2.45) is 0 Å². The van der Waals surface area contributed by atoms with Gasteiger partial charge in [0.05, 0.1) is 11.1 Å². The second kappa shape index (κ2) is 6.76. The van der Waals surface area contributed by atoms with Crippen LogP contribution in [0.15, 0.2) is 34.5 Å². The van der Waals surface area contributed by atoms with Gasteiger partial charge < -0.3 is 14.9 Å². The molecule has 3 heterocycles. The molecule has 7 nitrogen and oxygen atoms in total. The number of rotatable bonds is 5. The lowest BCUT2D eigenvalue weighted by Gasteiger charge is -2.45. The van der Waals surface area contributed by atoms with Crippen LogP contribution in [0.2, 0.25) is 0 Å². The summed E-state index contributed by atoms with van der Waals surface area (Å²) < 4.78 is 6.65. The number of halogens is 1. The normalized spacial score (nSPS) is 29.4. The lowest BCUT2D eigenvalue weighted by Crippen LogP contribution is -2.55. The van der Waals surface area contributed by atoms with Crippen molar-refractivity contribution in [3.8, 4) is 5.88 Å². The van der Waals surface area contributed by atoms with E-state index in [9.17, 15) is 14.7 Å². The lowest BCUT2D eigenvalue weighted by atomic mass is 9.80. The molecular formula is C17H19BrN2O5. The van der Waals surface area contributed by atoms with Crippen molar-refractivity contribution < 1.29 is 24.5 Å². The molecule has 25 heavy (non-hydrogen) atoms. The first-order valence-electron chi connectivity index (χ1n) is 8.02. The third-order valence-corrected chi connectivity index (χ3v) is 5.63. The van der Waals surface area contributed by atoms with E-state index in [-0.39, 0.29) is 17.7 Å². The molecular weight excluding hydrogens is 392 g/mol. The molecule has 3 atom stereocenters. The van der Waals surface area contributed by atoms with E-state index in [1.165, 1.54) is 0 Å². The second-order valence-corrected chi connectivity index (χ2v) is 7.33. The van der Waals surface area contributed by atoms with Crippen LogP contribution in [0, 0.1) is 0 Å². The number of piperidine rings is 1. The van der Waals surface area contributed by atoms with Crippen LogP contribution in [0.25, 0.3) is 0 Å². The molecule has 2 N–H and O–H groups in total. The predicted molar refractivity (Wildman–Crippen MR) is 92.5 cm³/mol. The molecule has 0 radical (unpaired) electrons. The van der Waals surface area contributed by atoms with Crippen molar-refractivity contribution in [1.29, 1.82) is 0 Å². The Morgan fingerprint density at radius 2 is 2.20 bits per heavy atom.